The van der Waals surface area contributed by atoms with Crippen LogP contribution in [0.4, 0.5) is 0 Å². The number of hydrogen-bond donors (Lipinski definition) is 3. The molecule has 0 aliphatic rings. The summed E-state index contributed by atoms with van der Waals surface area (Å²) in [7, 11) is -9.89. The maximum absolute atomic E-state index is 13.0. The third-order valence-corrected chi connectivity index (χ3v) is 18.1. The topological polar surface area (TPSA) is 237 Å². The fraction of sp³-hybridized carbons (Fsp3) is 0.940. The van der Waals surface area contributed by atoms with Crippen molar-refractivity contribution < 1.29 is 80.2 Å². The SMILES string of the molecule is CCCCCCCCCCCCCCC(=O)OC[C@H](COP(=O)(O)OC[C@@H](O)COP(=O)(O)OC[C@@H](COC(=O)CCCCCCCCC(C)CC)OC(=O)CCCCCCCCCCCCCC)OC(=O)CCCCCCCCCCC(C)CC. The molecule has 0 aromatic heterocycles. The molecule has 0 aromatic carbocycles. The van der Waals surface area contributed by atoms with E-state index in [1.165, 1.54) is 148 Å². The first-order valence-corrected chi connectivity index (χ1v) is 38.1. The largest absolute Gasteiger partial charge is 0.472 e. The lowest BCUT2D eigenvalue weighted by atomic mass is 9.99. The molecule has 3 N–H and O–H groups in total. The zero-order chi connectivity index (χ0) is 63.6. The van der Waals surface area contributed by atoms with Crippen molar-refractivity contribution in [3.63, 3.8) is 0 Å². The number of unbranched alkanes of at least 4 members (excludes halogenated alkanes) is 34. The summed E-state index contributed by atoms with van der Waals surface area (Å²) in [5, 5.41) is 10.6. The van der Waals surface area contributed by atoms with Gasteiger partial charge in [0, 0.05) is 25.7 Å². The quantitative estimate of drug-likeness (QED) is 0.0222. The molecule has 0 rings (SSSR count). The van der Waals surface area contributed by atoms with Crippen LogP contribution < -0.4 is 0 Å². The van der Waals surface area contributed by atoms with Gasteiger partial charge in [0.05, 0.1) is 26.4 Å². The van der Waals surface area contributed by atoms with Crippen LogP contribution in [0.3, 0.4) is 0 Å². The van der Waals surface area contributed by atoms with E-state index in [4.69, 9.17) is 37.0 Å². The maximum atomic E-state index is 13.0. The molecule has 0 aromatic rings. The van der Waals surface area contributed by atoms with E-state index in [9.17, 15) is 43.2 Å². The first-order chi connectivity index (χ1) is 41.4. The Balaban J connectivity index is 5.26. The minimum Gasteiger partial charge on any atom is -0.462 e. The molecule has 0 radical (unpaired) electrons. The van der Waals surface area contributed by atoms with Gasteiger partial charge >= 0.3 is 39.5 Å². The number of carbonyl (C=O) groups is 4. The Bertz CT molecular complexity index is 1690. The number of rotatable bonds is 66. The molecule has 4 unspecified atom stereocenters. The average molecular weight is 1270 g/mol. The van der Waals surface area contributed by atoms with Crippen molar-refractivity contribution in [2.45, 2.75) is 355 Å². The number of aliphatic hydroxyl groups is 1. The molecule has 510 valence electrons. The highest BCUT2D eigenvalue weighted by molar-refractivity contribution is 7.47. The minimum absolute atomic E-state index is 0.105. The predicted octanol–water partition coefficient (Wildman–Crippen LogP) is 18.8. The summed E-state index contributed by atoms with van der Waals surface area (Å²) in [5.41, 5.74) is 0. The van der Waals surface area contributed by atoms with Crippen LogP contribution in [0.2, 0.25) is 0 Å². The van der Waals surface area contributed by atoms with Gasteiger partial charge < -0.3 is 33.8 Å². The van der Waals surface area contributed by atoms with Gasteiger partial charge in [-0.25, -0.2) is 9.13 Å². The van der Waals surface area contributed by atoms with Crippen LogP contribution in [-0.4, -0.2) is 96.7 Å². The van der Waals surface area contributed by atoms with Crippen molar-refractivity contribution >= 4 is 39.5 Å². The van der Waals surface area contributed by atoms with Gasteiger partial charge in [-0.1, -0.05) is 286 Å². The second kappa shape index (κ2) is 59.4. The third kappa shape index (κ3) is 58.4. The van der Waals surface area contributed by atoms with Crippen LogP contribution in [-0.2, 0) is 65.4 Å². The van der Waals surface area contributed by atoms with E-state index < -0.39 is 97.5 Å². The summed E-state index contributed by atoms with van der Waals surface area (Å²) < 4.78 is 68.2. The number of ether oxygens (including phenoxy) is 4. The molecule has 7 atom stereocenters. The van der Waals surface area contributed by atoms with Gasteiger partial charge in [-0.05, 0) is 37.5 Å². The molecule has 0 saturated carbocycles. The monoisotopic (exact) mass is 1270 g/mol. The summed E-state index contributed by atoms with van der Waals surface area (Å²) in [6.45, 7) is 9.48. The first-order valence-electron chi connectivity index (χ1n) is 35.1. The predicted molar refractivity (Wildman–Crippen MR) is 345 cm³/mol. The van der Waals surface area contributed by atoms with E-state index in [0.717, 1.165) is 108 Å². The number of hydrogen-bond acceptors (Lipinski definition) is 15. The number of aliphatic hydroxyl groups excluding tert-OH is 1. The Morgan fingerprint density at radius 2 is 0.558 bits per heavy atom. The van der Waals surface area contributed by atoms with Crippen molar-refractivity contribution in [3.8, 4) is 0 Å². The second-order valence-corrected chi connectivity index (χ2v) is 27.6. The smallest absolute Gasteiger partial charge is 0.462 e. The lowest BCUT2D eigenvalue weighted by Crippen LogP contribution is -2.30. The molecule has 0 spiro atoms. The highest BCUT2D eigenvalue weighted by Gasteiger charge is 2.30. The first kappa shape index (κ1) is 84.1. The molecule has 86 heavy (non-hydrogen) atoms. The van der Waals surface area contributed by atoms with Gasteiger partial charge in [0.1, 0.15) is 19.3 Å². The number of carbonyl (C=O) groups excluding carboxylic acids is 4. The molecule has 0 amide bonds. The average Bonchev–Trinajstić information content (AvgIpc) is 3.65. The summed E-state index contributed by atoms with van der Waals surface area (Å²) >= 11 is 0. The summed E-state index contributed by atoms with van der Waals surface area (Å²) in [5.74, 6) is -0.628. The molecule has 19 heteroatoms. The third-order valence-electron chi connectivity index (χ3n) is 16.2. The highest BCUT2D eigenvalue weighted by Crippen LogP contribution is 2.45. The molecule has 17 nitrogen and oxygen atoms in total. The van der Waals surface area contributed by atoms with E-state index in [0.29, 0.717) is 25.7 Å². The van der Waals surface area contributed by atoms with Crippen LogP contribution in [0.15, 0.2) is 0 Å². The molecular weight excluding hydrogens is 1140 g/mol. The Labute approximate surface area is 524 Å². The second-order valence-electron chi connectivity index (χ2n) is 24.7. The van der Waals surface area contributed by atoms with Gasteiger partial charge in [-0.3, -0.25) is 37.3 Å². The summed E-state index contributed by atoms with van der Waals surface area (Å²) in [6, 6.07) is 0. The van der Waals surface area contributed by atoms with Crippen LogP contribution in [0.1, 0.15) is 337 Å². The number of phosphoric ester groups is 2. The van der Waals surface area contributed by atoms with Crippen LogP contribution in [0.25, 0.3) is 0 Å². The van der Waals surface area contributed by atoms with Gasteiger partial charge in [0.15, 0.2) is 12.2 Å². The van der Waals surface area contributed by atoms with Crippen molar-refractivity contribution in [2.75, 3.05) is 39.6 Å². The van der Waals surface area contributed by atoms with Crippen molar-refractivity contribution in [1.82, 2.24) is 0 Å². The minimum atomic E-state index is -4.95. The number of esters is 4. The Kier molecular flexibility index (Phi) is 58.0. The van der Waals surface area contributed by atoms with Crippen molar-refractivity contribution in [3.05, 3.63) is 0 Å². The molecule has 0 heterocycles. The van der Waals surface area contributed by atoms with Crippen LogP contribution in [0, 0.1) is 11.8 Å². The Morgan fingerprint density at radius 1 is 0.326 bits per heavy atom. The molecule has 0 bridgehead atoms. The van der Waals surface area contributed by atoms with Gasteiger partial charge in [0.2, 0.25) is 0 Å². The molecular formula is C67H130O17P2. The summed E-state index contributed by atoms with van der Waals surface area (Å²) in [6.07, 6.45) is 42.9. The molecule has 0 fully saturated rings. The van der Waals surface area contributed by atoms with E-state index >= 15 is 0 Å². The lowest BCUT2D eigenvalue weighted by Gasteiger charge is -2.21. The Morgan fingerprint density at radius 3 is 0.826 bits per heavy atom. The van der Waals surface area contributed by atoms with Gasteiger partial charge in [-0.15, -0.1) is 0 Å². The van der Waals surface area contributed by atoms with E-state index in [2.05, 4.69) is 41.5 Å². The fourth-order valence-corrected chi connectivity index (χ4v) is 11.6. The highest BCUT2D eigenvalue weighted by atomic mass is 31.2. The molecule has 0 aliphatic carbocycles. The number of phosphoric acid groups is 2. The Hall–Kier alpha value is -1.94. The van der Waals surface area contributed by atoms with E-state index in [-0.39, 0.29) is 25.7 Å². The van der Waals surface area contributed by atoms with Crippen LogP contribution in [0.5, 0.6) is 0 Å². The van der Waals surface area contributed by atoms with Crippen LogP contribution >= 0.6 is 15.6 Å². The maximum Gasteiger partial charge on any atom is 0.472 e. The zero-order valence-corrected chi connectivity index (χ0v) is 57.4. The van der Waals surface area contributed by atoms with Gasteiger partial charge in [-0.2, -0.15) is 0 Å². The standard InChI is InChI=1S/C67H130O17P2/c1-7-11-13-15-17-19-21-23-25-30-37-43-49-64(69)77-55-62(84-67(72)52-46-40-32-28-27-29-35-41-47-59(5)9-3)57-81-85(73,74)79-53-61(68)54-80-86(75,76)82-58-63(56-78-65(70)50-44-38-34-33-36-42-48-60(6)10-4)83-66(71)51-45-39-31-26-24-22-20-18-16-14-12-8-2/h59-63,68H,7-58H2,1-6H3,(H,73,74)(H,75,76)/t59?,60?,61-,62-,63-/m1/s1. The van der Waals surface area contributed by atoms with Gasteiger partial charge in [0.25, 0.3) is 0 Å². The van der Waals surface area contributed by atoms with E-state index in [1.807, 2.05) is 0 Å². The zero-order valence-electron chi connectivity index (χ0n) is 55.6. The molecule has 0 saturated heterocycles. The summed E-state index contributed by atoms with van der Waals surface area (Å²) in [4.78, 5) is 72.4. The fourth-order valence-electron chi connectivity index (χ4n) is 10.00. The van der Waals surface area contributed by atoms with E-state index in [1.54, 1.807) is 0 Å². The van der Waals surface area contributed by atoms with Crippen molar-refractivity contribution in [1.29, 1.82) is 0 Å². The van der Waals surface area contributed by atoms with Crippen molar-refractivity contribution in [2.24, 2.45) is 11.8 Å². The lowest BCUT2D eigenvalue weighted by molar-refractivity contribution is -0.161. The normalized spacial score (nSPS) is 14.8. The molecule has 0 aliphatic heterocycles.